The smallest absolute Gasteiger partial charge is 0.0963 e. The van der Waals surface area contributed by atoms with Crippen molar-refractivity contribution in [2.75, 3.05) is 0 Å². The molecule has 0 N–H and O–H groups in total. The monoisotopic (exact) mass is 460 g/mol. The average Bonchev–Trinajstić information content (AvgIpc) is 2.85. The van der Waals surface area contributed by atoms with Crippen molar-refractivity contribution in [3.63, 3.8) is 0 Å². The first kappa shape index (κ1) is 16.6. The van der Waals surface area contributed by atoms with E-state index in [2.05, 4.69) is 94.2 Å². The molecule has 0 saturated heterocycles. The summed E-state index contributed by atoms with van der Waals surface area (Å²) in [5, 5.41) is 4.92. The highest BCUT2D eigenvalue weighted by Crippen LogP contribution is 2.51. The molecule has 5 rings (SSSR count). The Morgan fingerprint density at radius 3 is 1.92 bits per heavy atom. The van der Waals surface area contributed by atoms with Gasteiger partial charge in [-0.2, -0.15) is 0 Å². The van der Waals surface area contributed by atoms with Gasteiger partial charge in [0, 0.05) is 14.4 Å². The first-order valence-corrected chi connectivity index (χ1v) is 10.2. The van der Waals surface area contributed by atoms with Crippen molar-refractivity contribution < 1.29 is 0 Å². The molecule has 1 aliphatic rings. The Morgan fingerprint density at radius 1 is 0.692 bits per heavy atom. The minimum absolute atomic E-state index is 0.0637. The predicted octanol–water partition coefficient (Wildman–Crippen LogP) is 6.62. The SMILES string of the molecule is [B]c1ccc2c(c1)C(C)(C)c1cc3c(Br)c4ccccc4c(Br)c3cc1-2. The van der Waals surface area contributed by atoms with Crippen molar-refractivity contribution in [1.82, 2.24) is 0 Å². The van der Waals surface area contributed by atoms with Gasteiger partial charge < -0.3 is 0 Å². The molecule has 0 saturated carbocycles. The van der Waals surface area contributed by atoms with Crippen molar-refractivity contribution in [1.29, 1.82) is 0 Å². The maximum atomic E-state index is 6.09. The van der Waals surface area contributed by atoms with E-state index in [1.807, 2.05) is 6.07 Å². The minimum Gasteiger partial charge on any atom is -0.0963 e. The van der Waals surface area contributed by atoms with Crippen LogP contribution >= 0.6 is 31.9 Å². The van der Waals surface area contributed by atoms with Gasteiger partial charge in [0.05, 0.1) is 0 Å². The molecule has 4 aromatic carbocycles. The topological polar surface area (TPSA) is 0 Å². The molecule has 0 unspecified atom stereocenters. The van der Waals surface area contributed by atoms with Crippen LogP contribution in [0.3, 0.4) is 0 Å². The molecule has 0 heterocycles. The lowest BCUT2D eigenvalue weighted by molar-refractivity contribution is 0.661. The van der Waals surface area contributed by atoms with Gasteiger partial charge in [0.2, 0.25) is 0 Å². The van der Waals surface area contributed by atoms with Crippen LogP contribution in [0.25, 0.3) is 32.7 Å². The van der Waals surface area contributed by atoms with Gasteiger partial charge in [-0.15, -0.1) is 0 Å². The zero-order chi connectivity index (χ0) is 18.2. The summed E-state index contributed by atoms with van der Waals surface area (Å²) in [6.07, 6.45) is 0. The maximum Gasteiger partial charge on any atom is 0.113 e. The van der Waals surface area contributed by atoms with E-state index >= 15 is 0 Å². The van der Waals surface area contributed by atoms with Gasteiger partial charge in [0.1, 0.15) is 7.85 Å². The summed E-state index contributed by atoms with van der Waals surface area (Å²) in [6.45, 7) is 4.57. The zero-order valence-electron chi connectivity index (χ0n) is 14.5. The Bertz CT molecular complexity index is 1240. The molecule has 0 spiro atoms. The van der Waals surface area contributed by atoms with Gasteiger partial charge in [0.15, 0.2) is 0 Å². The summed E-state index contributed by atoms with van der Waals surface area (Å²) < 4.78 is 2.30. The van der Waals surface area contributed by atoms with E-state index in [4.69, 9.17) is 7.85 Å². The van der Waals surface area contributed by atoms with E-state index in [0.29, 0.717) is 0 Å². The van der Waals surface area contributed by atoms with Crippen LogP contribution in [-0.4, -0.2) is 7.85 Å². The highest BCUT2D eigenvalue weighted by Gasteiger charge is 2.36. The van der Waals surface area contributed by atoms with E-state index in [0.717, 1.165) is 14.4 Å². The highest BCUT2D eigenvalue weighted by atomic mass is 79.9. The summed E-state index contributed by atoms with van der Waals surface area (Å²) in [6, 6.07) is 19.5. The van der Waals surface area contributed by atoms with Gasteiger partial charge >= 0.3 is 0 Å². The number of fused-ring (bicyclic) bond motifs is 5. The Kier molecular flexibility index (Phi) is 3.49. The van der Waals surface area contributed by atoms with E-state index in [-0.39, 0.29) is 5.41 Å². The lowest BCUT2D eigenvalue weighted by Crippen LogP contribution is -2.17. The number of benzene rings is 4. The van der Waals surface area contributed by atoms with Gasteiger partial charge in [-0.1, -0.05) is 61.8 Å². The Labute approximate surface area is 171 Å². The molecule has 0 nitrogen and oxygen atoms in total. The van der Waals surface area contributed by atoms with Crippen molar-refractivity contribution in [3.05, 3.63) is 74.7 Å². The summed E-state index contributed by atoms with van der Waals surface area (Å²) >= 11 is 7.73. The largest absolute Gasteiger partial charge is 0.113 e. The second kappa shape index (κ2) is 5.47. The number of rotatable bonds is 0. The standard InChI is InChI=1S/C23H15BBr2/c1-23(2)19-9-12(24)7-8-13(19)16-10-17-18(11-20(16)23)22(26)15-6-4-3-5-14(15)21(17)25/h3-11H,1-2H3. The van der Waals surface area contributed by atoms with Gasteiger partial charge in [-0.3, -0.25) is 0 Å². The van der Waals surface area contributed by atoms with Crippen LogP contribution in [0.15, 0.2) is 63.5 Å². The van der Waals surface area contributed by atoms with Crippen LogP contribution < -0.4 is 5.46 Å². The van der Waals surface area contributed by atoms with E-state index < -0.39 is 0 Å². The van der Waals surface area contributed by atoms with Gasteiger partial charge in [-0.25, -0.2) is 0 Å². The lowest BCUT2D eigenvalue weighted by Gasteiger charge is -2.22. The van der Waals surface area contributed by atoms with Gasteiger partial charge in [-0.05, 0) is 87.8 Å². The molecule has 0 atom stereocenters. The van der Waals surface area contributed by atoms with E-state index in [9.17, 15) is 0 Å². The third-order valence-corrected chi connectivity index (χ3v) is 7.42. The molecule has 0 fully saturated rings. The van der Waals surface area contributed by atoms with Crippen molar-refractivity contribution >= 4 is 66.7 Å². The Morgan fingerprint density at radius 2 is 1.27 bits per heavy atom. The van der Waals surface area contributed by atoms with Crippen LogP contribution in [0, 0.1) is 0 Å². The molecule has 1 aliphatic carbocycles. The number of hydrogen-bond acceptors (Lipinski definition) is 0. The fourth-order valence-electron chi connectivity index (χ4n) is 4.32. The normalized spacial score (nSPS) is 14.6. The first-order chi connectivity index (χ1) is 12.4. The molecule has 2 radical (unpaired) electrons. The summed E-state index contributed by atoms with van der Waals surface area (Å²) in [5.74, 6) is 0. The fourth-order valence-corrected chi connectivity index (χ4v) is 5.67. The molecule has 0 bridgehead atoms. The van der Waals surface area contributed by atoms with E-state index in [1.54, 1.807) is 0 Å². The third kappa shape index (κ3) is 2.08. The summed E-state index contributed by atoms with van der Waals surface area (Å²) in [5.41, 5.74) is 6.01. The predicted molar refractivity (Wildman–Crippen MR) is 120 cm³/mol. The van der Waals surface area contributed by atoms with Crippen molar-refractivity contribution in [2.45, 2.75) is 19.3 Å². The summed E-state index contributed by atoms with van der Waals surface area (Å²) in [7, 11) is 6.09. The van der Waals surface area contributed by atoms with E-state index in [1.165, 1.54) is 43.8 Å². The van der Waals surface area contributed by atoms with Crippen LogP contribution in [-0.2, 0) is 5.41 Å². The van der Waals surface area contributed by atoms with Crippen LogP contribution in [0.1, 0.15) is 25.0 Å². The molecule has 124 valence electrons. The highest BCUT2D eigenvalue weighted by molar-refractivity contribution is 9.11. The minimum atomic E-state index is -0.0637. The third-order valence-electron chi connectivity index (χ3n) is 5.71. The average molecular weight is 462 g/mol. The Balaban J connectivity index is 1.96. The Hall–Kier alpha value is -1.58. The molecule has 4 aromatic rings. The van der Waals surface area contributed by atoms with Crippen molar-refractivity contribution in [2.24, 2.45) is 0 Å². The quantitative estimate of drug-likeness (QED) is 0.204. The molecular weight excluding hydrogens is 447 g/mol. The van der Waals surface area contributed by atoms with Crippen molar-refractivity contribution in [3.8, 4) is 11.1 Å². The molecule has 0 aromatic heterocycles. The van der Waals surface area contributed by atoms with Gasteiger partial charge in [0.25, 0.3) is 0 Å². The zero-order valence-corrected chi connectivity index (χ0v) is 17.7. The van der Waals surface area contributed by atoms with Crippen LogP contribution in [0.5, 0.6) is 0 Å². The molecule has 3 heteroatoms. The van der Waals surface area contributed by atoms with Crippen LogP contribution in [0.2, 0.25) is 0 Å². The maximum absolute atomic E-state index is 6.09. The second-order valence-electron chi connectivity index (χ2n) is 7.55. The summed E-state index contributed by atoms with van der Waals surface area (Å²) in [4.78, 5) is 0. The molecule has 0 aliphatic heterocycles. The molecule has 26 heavy (non-hydrogen) atoms. The van der Waals surface area contributed by atoms with Crippen LogP contribution in [0.4, 0.5) is 0 Å². The molecule has 0 amide bonds. The first-order valence-electron chi connectivity index (χ1n) is 8.64. The fraction of sp³-hybridized carbons (Fsp3) is 0.130. The number of halogens is 2. The number of hydrogen-bond donors (Lipinski definition) is 0. The lowest BCUT2D eigenvalue weighted by atomic mass is 9.80. The second-order valence-corrected chi connectivity index (χ2v) is 9.13. The molecular formula is C23H15BBr2.